The fraction of sp³-hybridized carbons (Fsp3) is 0. The van der Waals surface area contributed by atoms with E-state index in [1.165, 1.54) is 0 Å². The molecule has 0 saturated heterocycles. The Morgan fingerprint density at radius 1 is 0.688 bits per heavy atom. The summed E-state index contributed by atoms with van der Waals surface area (Å²) in [4.78, 5) is 20.0. The van der Waals surface area contributed by atoms with Crippen molar-refractivity contribution in [2.75, 3.05) is 0 Å². The minimum Gasteiger partial charge on any atom is -0.810 e. The molecule has 0 aliphatic rings. The molecule has 0 aliphatic carbocycles. The quantitative estimate of drug-likeness (QED) is 0.743. The van der Waals surface area contributed by atoms with Crippen molar-refractivity contribution in [3.8, 4) is 5.75 Å². The Labute approximate surface area is 96.0 Å². The standard InChI is InChI=1S/C6H5O3P.C6H6/c7-10(8)9-6-4-2-1-3-5-6;1-2-4-6-5-3-1/h1-5H;1-6H/q-2;. The summed E-state index contributed by atoms with van der Waals surface area (Å²) >= 11 is 0. The molecule has 0 heterocycles. The molecule has 0 fully saturated rings. The molecule has 0 aliphatic heterocycles. The van der Waals surface area contributed by atoms with Crippen molar-refractivity contribution < 1.29 is 14.3 Å². The second-order valence-corrected chi connectivity index (χ2v) is 3.41. The lowest BCUT2D eigenvalue weighted by Gasteiger charge is -2.29. The van der Waals surface area contributed by atoms with E-state index < -0.39 is 8.60 Å². The summed E-state index contributed by atoms with van der Waals surface area (Å²) in [6, 6.07) is 20.3. The molecule has 0 spiro atoms. The van der Waals surface area contributed by atoms with Crippen LogP contribution in [0.3, 0.4) is 0 Å². The predicted molar refractivity (Wildman–Crippen MR) is 60.4 cm³/mol. The van der Waals surface area contributed by atoms with E-state index >= 15 is 0 Å². The van der Waals surface area contributed by atoms with Crippen LogP contribution in [0.1, 0.15) is 0 Å². The van der Waals surface area contributed by atoms with Gasteiger partial charge in [-0.05, 0) is 12.1 Å². The van der Waals surface area contributed by atoms with Crippen LogP contribution in [0, 0.1) is 0 Å². The highest BCUT2D eigenvalue weighted by Gasteiger charge is 1.84. The first-order chi connectivity index (χ1) is 7.79. The first-order valence-electron chi connectivity index (χ1n) is 4.66. The van der Waals surface area contributed by atoms with Gasteiger partial charge < -0.3 is 14.3 Å². The van der Waals surface area contributed by atoms with Crippen LogP contribution in [0.2, 0.25) is 0 Å². The minimum absolute atomic E-state index is 0.346. The average molecular weight is 234 g/mol. The van der Waals surface area contributed by atoms with Gasteiger partial charge in [0.25, 0.3) is 0 Å². The lowest BCUT2D eigenvalue weighted by Crippen LogP contribution is -2.12. The third kappa shape index (κ3) is 6.14. The van der Waals surface area contributed by atoms with Gasteiger partial charge in [0, 0.05) is 0 Å². The van der Waals surface area contributed by atoms with E-state index in [1.807, 2.05) is 36.4 Å². The highest BCUT2D eigenvalue weighted by atomic mass is 31.2. The van der Waals surface area contributed by atoms with Gasteiger partial charge in [-0.25, -0.2) is 0 Å². The topological polar surface area (TPSA) is 55.3 Å². The maximum atomic E-state index is 9.98. The van der Waals surface area contributed by atoms with Crippen molar-refractivity contribution in [2.45, 2.75) is 0 Å². The smallest absolute Gasteiger partial charge is 0.119 e. The summed E-state index contributed by atoms with van der Waals surface area (Å²) in [6.07, 6.45) is 0. The molecule has 0 amide bonds. The van der Waals surface area contributed by atoms with E-state index in [9.17, 15) is 9.79 Å². The SMILES string of the molecule is [O-]P([O-])Oc1ccccc1.c1ccccc1. The predicted octanol–water partition coefficient (Wildman–Crippen LogP) is 1.70. The Kier molecular flexibility index (Phi) is 6.19. The molecular formula is C12H11O3P-2. The van der Waals surface area contributed by atoms with Crippen molar-refractivity contribution in [3.63, 3.8) is 0 Å². The van der Waals surface area contributed by atoms with Gasteiger partial charge in [0.1, 0.15) is 5.75 Å². The second-order valence-electron chi connectivity index (χ2n) is 2.78. The molecular weight excluding hydrogens is 223 g/mol. The van der Waals surface area contributed by atoms with Crippen LogP contribution >= 0.6 is 8.60 Å². The molecule has 2 aromatic carbocycles. The van der Waals surface area contributed by atoms with Gasteiger partial charge in [-0.3, -0.25) is 0 Å². The van der Waals surface area contributed by atoms with Crippen molar-refractivity contribution in [1.82, 2.24) is 0 Å². The van der Waals surface area contributed by atoms with Crippen molar-refractivity contribution in [3.05, 3.63) is 66.7 Å². The van der Waals surface area contributed by atoms with Crippen LogP contribution in [0.15, 0.2) is 66.7 Å². The fourth-order valence-corrected chi connectivity index (χ4v) is 1.25. The molecule has 0 aromatic heterocycles. The number of rotatable bonds is 2. The summed E-state index contributed by atoms with van der Waals surface area (Å²) in [5.41, 5.74) is 0. The molecule has 2 aromatic rings. The minimum atomic E-state index is -2.78. The molecule has 0 bridgehead atoms. The third-order valence-corrected chi connectivity index (χ3v) is 1.95. The zero-order valence-electron chi connectivity index (χ0n) is 8.52. The van der Waals surface area contributed by atoms with Crippen LogP contribution in [0.5, 0.6) is 5.75 Å². The van der Waals surface area contributed by atoms with Crippen LogP contribution < -0.4 is 14.3 Å². The molecule has 0 N–H and O–H groups in total. The third-order valence-electron chi connectivity index (χ3n) is 1.59. The van der Waals surface area contributed by atoms with Crippen LogP contribution in [0.25, 0.3) is 0 Å². The van der Waals surface area contributed by atoms with Crippen LogP contribution in [-0.2, 0) is 0 Å². The highest BCUT2D eigenvalue weighted by molar-refractivity contribution is 7.36. The summed E-state index contributed by atoms with van der Waals surface area (Å²) in [6.45, 7) is 0. The highest BCUT2D eigenvalue weighted by Crippen LogP contribution is 2.20. The van der Waals surface area contributed by atoms with Crippen LogP contribution in [-0.4, -0.2) is 0 Å². The van der Waals surface area contributed by atoms with Gasteiger partial charge in [0.15, 0.2) is 0 Å². The summed E-state index contributed by atoms with van der Waals surface area (Å²) in [5.74, 6) is 0.346. The molecule has 0 saturated carbocycles. The molecule has 3 nitrogen and oxygen atoms in total. The van der Waals surface area contributed by atoms with Gasteiger partial charge in [-0.15, -0.1) is 0 Å². The first kappa shape index (κ1) is 12.7. The van der Waals surface area contributed by atoms with E-state index in [2.05, 4.69) is 4.52 Å². The van der Waals surface area contributed by atoms with E-state index in [0.29, 0.717) is 5.75 Å². The molecule has 16 heavy (non-hydrogen) atoms. The fourth-order valence-electron chi connectivity index (χ4n) is 0.952. The van der Waals surface area contributed by atoms with E-state index in [0.717, 1.165) is 0 Å². The number of para-hydroxylation sites is 1. The lowest BCUT2D eigenvalue weighted by molar-refractivity contribution is -0.310. The molecule has 84 valence electrons. The van der Waals surface area contributed by atoms with E-state index in [4.69, 9.17) is 0 Å². The molecule has 4 heteroatoms. The second kappa shape index (κ2) is 7.83. The van der Waals surface area contributed by atoms with E-state index in [1.54, 1.807) is 30.3 Å². The first-order valence-corrected chi connectivity index (χ1v) is 5.76. The maximum Gasteiger partial charge on any atom is 0.119 e. The summed E-state index contributed by atoms with van der Waals surface area (Å²) in [5, 5.41) is 0. The maximum absolute atomic E-state index is 9.98. The Morgan fingerprint density at radius 3 is 1.44 bits per heavy atom. The zero-order chi connectivity index (χ0) is 11.6. The lowest BCUT2D eigenvalue weighted by atomic mass is 10.3. The number of benzene rings is 2. The normalized spacial score (nSPS) is 9.19. The zero-order valence-corrected chi connectivity index (χ0v) is 9.42. The largest absolute Gasteiger partial charge is 0.810 e. The van der Waals surface area contributed by atoms with Crippen LogP contribution in [0.4, 0.5) is 0 Å². The number of hydrogen-bond acceptors (Lipinski definition) is 3. The van der Waals surface area contributed by atoms with Gasteiger partial charge >= 0.3 is 0 Å². The van der Waals surface area contributed by atoms with Gasteiger partial charge in [-0.2, -0.15) is 0 Å². The Balaban J connectivity index is 0.000000181. The van der Waals surface area contributed by atoms with Gasteiger partial charge in [0.05, 0.1) is 0 Å². The summed E-state index contributed by atoms with van der Waals surface area (Å²) in [7, 11) is -2.78. The van der Waals surface area contributed by atoms with Gasteiger partial charge in [-0.1, -0.05) is 63.2 Å². The summed E-state index contributed by atoms with van der Waals surface area (Å²) < 4.78 is 4.37. The number of hydrogen-bond donors (Lipinski definition) is 0. The Morgan fingerprint density at radius 2 is 1.06 bits per heavy atom. The average Bonchev–Trinajstić information content (AvgIpc) is 2.32. The molecule has 2 rings (SSSR count). The monoisotopic (exact) mass is 234 g/mol. The van der Waals surface area contributed by atoms with Gasteiger partial charge in [0.2, 0.25) is 0 Å². The van der Waals surface area contributed by atoms with E-state index in [-0.39, 0.29) is 0 Å². The molecule has 0 atom stereocenters. The Hall–Kier alpha value is -1.41. The molecule has 0 radical (unpaired) electrons. The van der Waals surface area contributed by atoms with Crippen molar-refractivity contribution >= 4 is 8.60 Å². The van der Waals surface area contributed by atoms with Crippen molar-refractivity contribution in [1.29, 1.82) is 0 Å². The Bertz CT molecular complexity index is 338. The van der Waals surface area contributed by atoms with Crippen molar-refractivity contribution in [2.24, 2.45) is 0 Å². The molecule has 0 unspecified atom stereocenters.